The van der Waals surface area contributed by atoms with E-state index in [1.54, 1.807) is 0 Å². The summed E-state index contributed by atoms with van der Waals surface area (Å²) in [4.78, 5) is 2.44. The van der Waals surface area contributed by atoms with E-state index < -0.39 is 0 Å². The van der Waals surface area contributed by atoms with Gasteiger partial charge in [0.25, 0.3) is 0 Å². The van der Waals surface area contributed by atoms with Crippen molar-refractivity contribution >= 4 is 5.69 Å². The van der Waals surface area contributed by atoms with Gasteiger partial charge in [0.05, 0.1) is 0 Å². The van der Waals surface area contributed by atoms with E-state index in [1.807, 2.05) is 12.1 Å². The van der Waals surface area contributed by atoms with Crippen LogP contribution in [-0.4, -0.2) is 11.4 Å². The average Bonchev–Trinajstić information content (AvgIpc) is 2.49. The molecule has 0 fully saturated rings. The van der Waals surface area contributed by atoms with E-state index >= 15 is 0 Å². The van der Waals surface area contributed by atoms with Gasteiger partial charge in [-0.2, -0.15) is 0 Å². The smallest absolute Gasteiger partial charge is 0.0314 e. The van der Waals surface area contributed by atoms with Crippen molar-refractivity contribution in [3.8, 4) is 0 Å². The molecule has 0 unspecified atom stereocenters. The molecule has 0 aliphatic rings. The minimum atomic E-state index is 0.594. The van der Waals surface area contributed by atoms with E-state index in [2.05, 4.69) is 62.1 Å². The van der Waals surface area contributed by atoms with Crippen LogP contribution in [0.5, 0.6) is 0 Å². The third-order valence-corrected chi connectivity index (χ3v) is 3.89. The van der Waals surface area contributed by atoms with Gasteiger partial charge in [-0.05, 0) is 41.3 Å². The van der Waals surface area contributed by atoms with Crippen LogP contribution >= 0.6 is 0 Å². The normalized spacial score (nSPS) is 11.3. The van der Waals surface area contributed by atoms with Gasteiger partial charge in [-0.25, -0.2) is 0 Å². The second kappa shape index (κ2) is 7.28. The van der Waals surface area contributed by atoms with Gasteiger partial charge in [0, 0.05) is 18.8 Å². The van der Waals surface area contributed by atoms with Crippen LogP contribution in [0.1, 0.15) is 43.4 Å². The van der Waals surface area contributed by atoms with E-state index in [0.717, 1.165) is 25.3 Å². The Morgan fingerprint density at radius 2 is 1.33 bits per heavy atom. The molecule has 0 spiro atoms. The minimum absolute atomic E-state index is 0.594. The summed E-state index contributed by atoms with van der Waals surface area (Å²) in [6.45, 7) is 9.65. The molecule has 0 aromatic heterocycles. The first-order valence-electron chi connectivity index (χ1n) is 7.74. The fraction of sp³-hybridized carbons (Fsp3) is 0.368. The van der Waals surface area contributed by atoms with Gasteiger partial charge >= 0.3 is 0 Å². The summed E-state index contributed by atoms with van der Waals surface area (Å²) >= 11 is 0. The molecule has 2 heteroatoms. The Balaban J connectivity index is 1.99. The first-order valence-corrected chi connectivity index (χ1v) is 7.74. The van der Waals surface area contributed by atoms with E-state index in [0.29, 0.717) is 5.92 Å². The van der Waals surface area contributed by atoms with E-state index in [4.69, 9.17) is 5.73 Å². The number of nitrogen functional groups attached to an aromatic ring is 1. The van der Waals surface area contributed by atoms with Crippen molar-refractivity contribution < 1.29 is 0 Å². The van der Waals surface area contributed by atoms with Crippen LogP contribution < -0.4 is 5.73 Å². The predicted octanol–water partition coefficient (Wildman–Crippen LogP) is 4.41. The van der Waals surface area contributed by atoms with Crippen molar-refractivity contribution in [1.82, 2.24) is 4.90 Å². The van der Waals surface area contributed by atoms with Crippen molar-refractivity contribution in [2.45, 2.75) is 39.8 Å². The zero-order valence-electron chi connectivity index (χ0n) is 13.3. The van der Waals surface area contributed by atoms with Crippen molar-refractivity contribution in [3.63, 3.8) is 0 Å². The molecule has 0 heterocycles. The van der Waals surface area contributed by atoms with Crippen LogP contribution in [-0.2, 0) is 13.1 Å². The highest BCUT2D eigenvalue weighted by atomic mass is 15.1. The highest BCUT2D eigenvalue weighted by Gasteiger charge is 2.06. The van der Waals surface area contributed by atoms with E-state index in [-0.39, 0.29) is 0 Å². The van der Waals surface area contributed by atoms with Crippen LogP contribution in [0.3, 0.4) is 0 Å². The Kier molecular flexibility index (Phi) is 5.40. The Bertz CT molecular complexity index is 541. The lowest BCUT2D eigenvalue weighted by Gasteiger charge is -2.21. The molecule has 112 valence electrons. The molecule has 2 aromatic carbocycles. The number of nitrogens with zero attached hydrogens (tertiary/aromatic N) is 1. The number of hydrogen-bond acceptors (Lipinski definition) is 2. The summed E-state index contributed by atoms with van der Waals surface area (Å²) in [5.41, 5.74) is 10.6. The van der Waals surface area contributed by atoms with E-state index in [9.17, 15) is 0 Å². The first kappa shape index (κ1) is 15.6. The number of hydrogen-bond donors (Lipinski definition) is 1. The number of rotatable bonds is 6. The Labute approximate surface area is 128 Å². The van der Waals surface area contributed by atoms with Gasteiger partial charge < -0.3 is 5.73 Å². The van der Waals surface area contributed by atoms with Crippen LogP contribution in [0.2, 0.25) is 0 Å². The van der Waals surface area contributed by atoms with Crippen molar-refractivity contribution in [3.05, 3.63) is 65.2 Å². The summed E-state index contributed by atoms with van der Waals surface area (Å²) in [5.74, 6) is 0.594. The summed E-state index contributed by atoms with van der Waals surface area (Å²) in [7, 11) is 0. The molecule has 0 bridgehead atoms. The van der Waals surface area contributed by atoms with Gasteiger partial charge in [-0.1, -0.05) is 57.2 Å². The molecule has 2 nitrogen and oxygen atoms in total. The lowest BCUT2D eigenvalue weighted by Crippen LogP contribution is -2.22. The fourth-order valence-corrected chi connectivity index (χ4v) is 2.43. The summed E-state index contributed by atoms with van der Waals surface area (Å²) in [6.07, 6.45) is 0. The zero-order valence-corrected chi connectivity index (χ0v) is 13.3. The molecule has 0 atom stereocenters. The largest absolute Gasteiger partial charge is 0.399 e. The number of nitrogens with two attached hydrogens (primary N) is 1. The Hall–Kier alpha value is -1.80. The molecule has 0 aliphatic heterocycles. The van der Waals surface area contributed by atoms with Crippen LogP contribution in [0.4, 0.5) is 5.69 Å². The zero-order chi connectivity index (χ0) is 15.2. The molecule has 0 radical (unpaired) electrons. The SMILES string of the molecule is CCN(Cc1ccc(N)cc1)Cc1ccc(C(C)C)cc1. The average molecular weight is 282 g/mol. The van der Waals surface area contributed by atoms with Crippen molar-refractivity contribution in [1.29, 1.82) is 0 Å². The quantitative estimate of drug-likeness (QED) is 0.795. The second-order valence-electron chi connectivity index (χ2n) is 5.94. The van der Waals surface area contributed by atoms with Crippen molar-refractivity contribution in [2.24, 2.45) is 0 Å². The lowest BCUT2D eigenvalue weighted by atomic mass is 10.0. The predicted molar refractivity (Wildman–Crippen MR) is 91.2 cm³/mol. The Morgan fingerprint density at radius 3 is 1.76 bits per heavy atom. The molecule has 0 aliphatic carbocycles. The molecule has 0 saturated heterocycles. The van der Waals surface area contributed by atoms with Crippen LogP contribution in [0, 0.1) is 0 Å². The molecule has 0 amide bonds. The molecular weight excluding hydrogens is 256 g/mol. The molecule has 2 N–H and O–H groups in total. The van der Waals surface area contributed by atoms with E-state index in [1.165, 1.54) is 16.7 Å². The topological polar surface area (TPSA) is 29.3 Å². The second-order valence-corrected chi connectivity index (χ2v) is 5.94. The first-order chi connectivity index (χ1) is 10.1. The van der Waals surface area contributed by atoms with Gasteiger partial charge in [0.1, 0.15) is 0 Å². The monoisotopic (exact) mass is 282 g/mol. The molecule has 2 rings (SSSR count). The fourth-order valence-electron chi connectivity index (χ4n) is 2.43. The third kappa shape index (κ3) is 4.61. The molecule has 21 heavy (non-hydrogen) atoms. The van der Waals surface area contributed by atoms with Gasteiger partial charge in [-0.15, -0.1) is 0 Å². The standard InChI is InChI=1S/C19H26N2/c1-4-21(14-17-7-11-19(20)12-8-17)13-16-5-9-18(10-6-16)15(2)3/h5-12,15H,4,13-14,20H2,1-3H3. The maximum Gasteiger partial charge on any atom is 0.0314 e. The highest BCUT2D eigenvalue weighted by molar-refractivity contribution is 5.39. The summed E-state index contributed by atoms with van der Waals surface area (Å²) < 4.78 is 0. The molecule has 2 aromatic rings. The highest BCUT2D eigenvalue weighted by Crippen LogP contribution is 2.16. The number of benzene rings is 2. The molecular formula is C19H26N2. The summed E-state index contributed by atoms with van der Waals surface area (Å²) in [5, 5.41) is 0. The maximum atomic E-state index is 5.74. The maximum absolute atomic E-state index is 5.74. The van der Waals surface area contributed by atoms with Crippen LogP contribution in [0.15, 0.2) is 48.5 Å². The molecule has 0 saturated carbocycles. The van der Waals surface area contributed by atoms with Crippen LogP contribution in [0.25, 0.3) is 0 Å². The Morgan fingerprint density at radius 1 is 0.857 bits per heavy atom. The van der Waals surface area contributed by atoms with Gasteiger partial charge in [-0.3, -0.25) is 4.90 Å². The lowest BCUT2D eigenvalue weighted by molar-refractivity contribution is 0.271. The van der Waals surface area contributed by atoms with Crippen molar-refractivity contribution in [2.75, 3.05) is 12.3 Å². The van der Waals surface area contributed by atoms with Gasteiger partial charge in [0.15, 0.2) is 0 Å². The van der Waals surface area contributed by atoms with Gasteiger partial charge in [0.2, 0.25) is 0 Å². The third-order valence-electron chi connectivity index (χ3n) is 3.89. The minimum Gasteiger partial charge on any atom is -0.399 e. The summed E-state index contributed by atoms with van der Waals surface area (Å²) in [6, 6.07) is 17.2. The number of anilines is 1.